The first-order valence-electron chi connectivity index (χ1n) is 10.2. The number of likely N-dealkylation sites (tertiary alicyclic amines) is 1. The molecule has 2 saturated heterocycles. The van der Waals surface area contributed by atoms with Crippen molar-refractivity contribution in [3.63, 3.8) is 0 Å². The minimum absolute atomic E-state index is 0.0243. The number of carbonyl (C=O) groups is 2. The van der Waals surface area contributed by atoms with Crippen LogP contribution in [0.1, 0.15) is 65.2 Å². The molecule has 0 unspecified atom stereocenters. The first kappa shape index (κ1) is 19.6. The third-order valence-electron chi connectivity index (χ3n) is 6.53. The largest absolute Gasteiger partial charge is 0.368 e. The molecular formula is C20H35N3O3. The summed E-state index contributed by atoms with van der Waals surface area (Å²) in [5.41, 5.74) is 0.323. The van der Waals surface area contributed by atoms with Gasteiger partial charge in [-0.05, 0) is 70.4 Å². The first-order valence-corrected chi connectivity index (χ1v) is 10.2. The Morgan fingerprint density at radius 3 is 2.27 bits per heavy atom. The fourth-order valence-corrected chi connectivity index (χ4v) is 4.67. The van der Waals surface area contributed by atoms with Gasteiger partial charge in [0.2, 0.25) is 0 Å². The highest BCUT2D eigenvalue weighted by Crippen LogP contribution is 2.38. The van der Waals surface area contributed by atoms with Crippen molar-refractivity contribution in [1.82, 2.24) is 14.9 Å². The lowest BCUT2D eigenvalue weighted by atomic mass is 9.75. The van der Waals surface area contributed by atoms with Gasteiger partial charge in [-0.25, -0.2) is 5.01 Å². The Labute approximate surface area is 157 Å². The van der Waals surface area contributed by atoms with Crippen LogP contribution in [0.25, 0.3) is 0 Å². The standard InChI is InChI=1S/C20H35N3O3/c1-20(2)11-9-15(10-12-20)23(19(25)17-8-6-14-26-17)22(4)18(24)16-7-5-13-21(16)3/h15-17H,5-14H2,1-4H3/t16-,17-/m0/s1. The zero-order chi connectivity index (χ0) is 18.9. The van der Waals surface area contributed by atoms with Crippen LogP contribution in [0.4, 0.5) is 0 Å². The molecule has 2 atom stereocenters. The summed E-state index contributed by atoms with van der Waals surface area (Å²) < 4.78 is 5.66. The summed E-state index contributed by atoms with van der Waals surface area (Å²) in [6.45, 7) is 6.17. The first-order chi connectivity index (χ1) is 12.3. The van der Waals surface area contributed by atoms with E-state index >= 15 is 0 Å². The van der Waals surface area contributed by atoms with Gasteiger partial charge in [0.15, 0.2) is 0 Å². The van der Waals surface area contributed by atoms with Crippen molar-refractivity contribution in [3.8, 4) is 0 Å². The van der Waals surface area contributed by atoms with E-state index in [1.54, 1.807) is 17.1 Å². The van der Waals surface area contributed by atoms with Crippen molar-refractivity contribution >= 4 is 11.8 Å². The average Bonchev–Trinajstić information content (AvgIpc) is 3.27. The SMILES string of the molecule is CN1CCC[C@H]1C(=O)N(C)N(C(=O)[C@@H]1CCCO1)C1CCC(C)(C)CC1. The lowest BCUT2D eigenvalue weighted by molar-refractivity contribution is -0.177. The molecule has 0 aromatic rings. The second kappa shape index (κ2) is 7.85. The maximum Gasteiger partial charge on any atom is 0.270 e. The van der Waals surface area contributed by atoms with Gasteiger partial charge in [0.05, 0.1) is 12.1 Å². The van der Waals surface area contributed by atoms with Crippen LogP contribution in [0, 0.1) is 5.41 Å². The molecule has 0 aromatic carbocycles. The molecule has 148 valence electrons. The van der Waals surface area contributed by atoms with Crippen LogP contribution in [-0.2, 0) is 14.3 Å². The van der Waals surface area contributed by atoms with Gasteiger partial charge in [-0.1, -0.05) is 13.8 Å². The normalized spacial score (nSPS) is 29.7. The summed E-state index contributed by atoms with van der Waals surface area (Å²) in [6.07, 6.45) is 7.27. The van der Waals surface area contributed by atoms with Gasteiger partial charge in [0, 0.05) is 13.7 Å². The molecule has 2 amide bonds. The molecule has 1 saturated carbocycles. The number of amides is 2. The van der Waals surface area contributed by atoms with E-state index in [2.05, 4.69) is 18.7 Å². The number of hydrazine groups is 1. The third kappa shape index (κ3) is 4.06. The van der Waals surface area contributed by atoms with Crippen LogP contribution in [0.3, 0.4) is 0 Å². The van der Waals surface area contributed by atoms with Crippen molar-refractivity contribution < 1.29 is 14.3 Å². The summed E-state index contributed by atoms with van der Waals surface area (Å²) in [7, 11) is 3.78. The predicted octanol–water partition coefficient (Wildman–Crippen LogP) is 2.43. The Morgan fingerprint density at radius 2 is 1.73 bits per heavy atom. The number of rotatable bonds is 3. The van der Waals surface area contributed by atoms with E-state index in [4.69, 9.17) is 4.74 Å². The molecule has 0 bridgehead atoms. The molecule has 2 heterocycles. The molecule has 0 N–H and O–H groups in total. The van der Waals surface area contributed by atoms with Crippen molar-refractivity contribution in [3.05, 3.63) is 0 Å². The van der Waals surface area contributed by atoms with Gasteiger partial charge in [-0.15, -0.1) is 0 Å². The number of nitrogens with zero attached hydrogens (tertiary/aromatic N) is 3. The third-order valence-corrected chi connectivity index (χ3v) is 6.53. The lowest BCUT2D eigenvalue weighted by Crippen LogP contribution is -2.59. The van der Waals surface area contributed by atoms with Gasteiger partial charge in [0.1, 0.15) is 6.10 Å². The highest BCUT2D eigenvalue weighted by molar-refractivity contribution is 5.87. The molecule has 0 spiro atoms. The van der Waals surface area contributed by atoms with Gasteiger partial charge >= 0.3 is 0 Å². The van der Waals surface area contributed by atoms with E-state index in [9.17, 15) is 9.59 Å². The Morgan fingerprint density at radius 1 is 1.04 bits per heavy atom. The van der Waals surface area contributed by atoms with E-state index in [-0.39, 0.29) is 30.0 Å². The highest BCUT2D eigenvalue weighted by atomic mass is 16.5. The molecular weight excluding hydrogens is 330 g/mol. The maximum absolute atomic E-state index is 13.2. The summed E-state index contributed by atoms with van der Waals surface area (Å²) in [4.78, 5) is 28.5. The number of hydrogen-bond acceptors (Lipinski definition) is 4. The minimum atomic E-state index is -0.388. The molecule has 3 rings (SSSR count). The second-order valence-corrected chi connectivity index (χ2v) is 9.08. The summed E-state index contributed by atoms with van der Waals surface area (Å²) in [5, 5.41) is 3.39. The van der Waals surface area contributed by atoms with E-state index in [0.29, 0.717) is 12.0 Å². The maximum atomic E-state index is 13.2. The summed E-state index contributed by atoms with van der Waals surface area (Å²) in [5.74, 6) is 0.0184. The van der Waals surface area contributed by atoms with Crippen molar-refractivity contribution in [2.75, 3.05) is 27.2 Å². The van der Waals surface area contributed by atoms with Crippen LogP contribution in [-0.4, -0.2) is 72.2 Å². The van der Waals surface area contributed by atoms with E-state index in [1.165, 1.54) is 0 Å². The van der Waals surface area contributed by atoms with Crippen LogP contribution < -0.4 is 0 Å². The highest BCUT2D eigenvalue weighted by Gasteiger charge is 2.41. The smallest absolute Gasteiger partial charge is 0.270 e. The molecule has 1 aliphatic carbocycles. The fraction of sp³-hybridized carbons (Fsp3) is 0.900. The zero-order valence-electron chi connectivity index (χ0n) is 16.9. The zero-order valence-corrected chi connectivity index (χ0v) is 16.9. The number of carbonyl (C=O) groups excluding carboxylic acids is 2. The number of likely N-dealkylation sites (N-methyl/N-ethyl adjacent to an activating group) is 2. The Hall–Kier alpha value is -1.14. The van der Waals surface area contributed by atoms with Gasteiger partial charge in [-0.2, -0.15) is 0 Å². The average molecular weight is 366 g/mol. The molecule has 2 aliphatic heterocycles. The monoisotopic (exact) mass is 365 g/mol. The van der Waals surface area contributed by atoms with Crippen LogP contribution >= 0.6 is 0 Å². The summed E-state index contributed by atoms with van der Waals surface area (Å²) >= 11 is 0. The molecule has 3 fully saturated rings. The van der Waals surface area contributed by atoms with Gasteiger partial charge in [0.25, 0.3) is 11.8 Å². The summed E-state index contributed by atoms with van der Waals surface area (Å²) in [6, 6.07) is -0.0137. The molecule has 0 radical (unpaired) electrons. The number of hydrogen-bond donors (Lipinski definition) is 0. The minimum Gasteiger partial charge on any atom is -0.368 e. The van der Waals surface area contributed by atoms with Crippen LogP contribution in [0.2, 0.25) is 0 Å². The topological polar surface area (TPSA) is 53.1 Å². The quantitative estimate of drug-likeness (QED) is 0.721. The van der Waals surface area contributed by atoms with Gasteiger partial charge in [-0.3, -0.25) is 19.5 Å². The lowest BCUT2D eigenvalue weighted by Gasteiger charge is -2.45. The van der Waals surface area contributed by atoms with Crippen LogP contribution in [0.5, 0.6) is 0 Å². The molecule has 0 aromatic heterocycles. The van der Waals surface area contributed by atoms with Crippen molar-refractivity contribution in [1.29, 1.82) is 0 Å². The molecule has 6 nitrogen and oxygen atoms in total. The Bertz CT molecular complexity index is 520. The van der Waals surface area contributed by atoms with Crippen molar-refractivity contribution in [2.24, 2.45) is 5.41 Å². The van der Waals surface area contributed by atoms with Crippen LogP contribution in [0.15, 0.2) is 0 Å². The molecule has 26 heavy (non-hydrogen) atoms. The van der Waals surface area contributed by atoms with E-state index < -0.39 is 0 Å². The number of ether oxygens (including phenoxy) is 1. The Balaban J connectivity index is 1.77. The predicted molar refractivity (Wildman–Crippen MR) is 100 cm³/mol. The molecule has 6 heteroatoms. The second-order valence-electron chi connectivity index (χ2n) is 9.08. The van der Waals surface area contributed by atoms with Crippen molar-refractivity contribution in [2.45, 2.75) is 83.4 Å². The Kier molecular flexibility index (Phi) is 5.92. The van der Waals surface area contributed by atoms with E-state index in [1.807, 2.05) is 7.05 Å². The fourth-order valence-electron chi connectivity index (χ4n) is 4.67. The molecule has 3 aliphatic rings. The van der Waals surface area contributed by atoms with E-state index in [0.717, 1.165) is 57.9 Å². The van der Waals surface area contributed by atoms with Gasteiger partial charge < -0.3 is 4.74 Å².